The Morgan fingerprint density at radius 2 is 1.71 bits per heavy atom. The van der Waals surface area contributed by atoms with Gasteiger partial charge in [-0.15, -0.1) is 0 Å². The molecule has 0 saturated heterocycles. The molecule has 0 spiro atoms. The fourth-order valence-electron chi connectivity index (χ4n) is 4.50. The molecule has 1 aliphatic rings. The highest BCUT2D eigenvalue weighted by molar-refractivity contribution is 6.20. The predicted molar refractivity (Wildman–Crippen MR) is 134 cm³/mol. The van der Waals surface area contributed by atoms with E-state index >= 15 is 0 Å². The van der Waals surface area contributed by atoms with Gasteiger partial charge in [0.15, 0.2) is 0 Å². The van der Waals surface area contributed by atoms with Crippen LogP contribution in [0.3, 0.4) is 0 Å². The highest BCUT2D eigenvalue weighted by Crippen LogP contribution is 2.28. The fourth-order valence-corrected chi connectivity index (χ4v) is 4.50. The van der Waals surface area contributed by atoms with Crippen LogP contribution in [0.1, 0.15) is 51.2 Å². The maximum absolute atomic E-state index is 13.5. The Balaban J connectivity index is 2.01. The molecule has 0 fully saturated rings. The highest BCUT2D eigenvalue weighted by Gasteiger charge is 2.36. The molecule has 0 saturated carbocycles. The number of aliphatic imine (C=N–C) groups is 1. The molecule has 2 aromatic carbocycles. The molecule has 3 amide bonds. The minimum atomic E-state index is -1.12. The summed E-state index contributed by atoms with van der Waals surface area (Å²) in [5.74, 6) is -2.24. The maximum Gasteiger partial charge on any atom is 0.272 e. The molecule has 1 aliphatic heterocycles. The van der Waals surface area contributed by atoms with Gasteiger partial charge < -0.3 is 16.0 Å². The van der Waals surface area contributed by atoms with E-state index in [1.807, 2.05) is 75.4 Å². The van der Waals surface area contributed by atoms with Crippen LogP contribution in [0.4, 0.5) is 5.69 Å². The van der Waals surface area contributed by atoms with E-state index in [1.165, 1.54) is 4.90 Å². The van der Waals surface area contributed by atoms with Crippen molar-refractivity contribution in [3.8, 4) is 0 Å². The van der Waals surface area contributed by atoms with E-state index in [0.29, 0.717) is 30.7 Å². The maximum atomic E-state index is 13.5. The molecule has 1 unspecified atom stereocenters. The topological polar surface area (TPSA) is 105 Å². The van der Waals surface area contributed by atoms with Crippen molar-refractivity contribution < 1.29 is 14.4 Å². The van der Waals surface area contributed by atoms with Crippen molar-refractivity contribution in [3.05, 3.63) is 65.7 Å². The van der Waals surface area contributed by atoms with Gasteiger partial charge in [0, 0.05) is 30.0 Å². The Bertz CT molecular complexity index is 1060. The van der Waals surface area contributed by atoms with Crippen LogP contribution in [0.25, 0.3) is 0 Å². The number of fused-ring (bicyclic) bond motifs is 1. The number of carbonyl (C=O) groups excluding carboxylic acids is 3. The summed E-state index contributed by atoms with van der Waals surface area (Å²) in [7, 11) is 1.68. The number of likely N-dealkylation sites (N-methyl/N-ethyl adjacent to an activating group) is 1. The molecule has 3 atom stereocenters. The molecule has 180 valence electrons. The SMILES string of the molecule is CCC[C@@H](C(=O)NC1N=C(c2ccccc2)c2ccccc2N(C)C1=O)[C@H](CC(C)C)C(N)=O. The monoisotopic (exact) mass is 462 g/mol. The highest BCUT2D eigenvalue weighted by atomic mass is 16.2. The number of amides is 3. The van der Waals surface area contributed by atoms with Crippen molar-refractivity contribution in [1.29, 1.82) is 0 Å². The van der Waals surface area contributed by atoms with Crippen LogP contribution in [0, 0.1) is 17.8 Å². The Kier molecular flexibility index (Phi) is 8.21. The lowest BCUT2D eigenvalue weighted by Crippen LogP contribution is -2.50. The first-order valence-electron chi connectivity index (χ1n) is 11.8. The van der Waals surface area contributed by atoms with Gasteiger partial charge in [0.2, 0.25) is 18.0 Å². The Hall–Kier alpha value is -3.48. The third-order valence-corrected chi connectivity index (χ3v) is 6.18. The minimum Gasteiger partial charge on any atom is -0.369 e. The van der Waals surface area contributed by atoms with Crippen molar-refractivity contribution in [1.82, 2.24) is 5.32 Å². The van der Waals surface area contributed by atoms with Crippen LogP contribution in [-0.2, 0) is 14.4 Å². The number of nitrogens with one attached hydrogen (secondary N) is 1. The summed E-state index contributed by atoms with van der Waals surface area (Å²) in [6.07, 6.45) is 0.601. The molecule has 7 heteroatoms. The van der Waals surface area contributed by atoms with Crippen LogP contribution < -0.4 is 16.0 Å². The number of para-hydroxylation sites is 1. The molecule has 0 aliphatic carbocycles. The lowest BCUT2D eigenvalue weighted by Gasteiger charge is -2.27. The van der Waals surface area contributed by atoms with Gasteiger partial charge >= 0.3 is 0 Å². The molecule has 34 heavy (non-hydrogen) atoms. The number of hydrogen-bond donors (Lipinski definition) is 2. The van der Waals surface area contributed by atoms with Gasteiger partial charge in [0.1, 0.15) is 0 Å². The van der Waals surface area contributed by atoms with Gasteiger partial charge in [-0.1, -0.05) is 75.7 Å². The van der Waals surface area contributed by atoms with E-state index < -0.39 is 23.9 Å². The Morgan fingerprint density at radius 1 is 1.06 bits per heavy atom. The van der Waals surface area contributed by atoms with Crippen LogP contribution in [-0.4, -0.2) is 36.6 Å². The quantitative estimate of drug-likeness (QED) is 0.596. The molecule has 3 N–H and O–H groups in total. The summed E-state index contributed by atoms with van der Waals surface area (Å²) < 4.78 is 0. The van der Waals surface area contributed by atoms with Crippen molar-refractivity contribution in [2.45, 2.75) is 46.2 Å². The lowest BCUT2D eigenvalue weighted by atomic mass is 9.81. The predicted octanol–water partition coefficient (Wildman–Crippen LogP) is 3.51. The Morgan fingerprint density at radius 3 is 2.32 bits per heavy atom. The summed E-state index contributed by atoms with van der Waals surface area (Å²) in [4.78, 5) is 45.4. The van der Waals surface area contributed by atoms with Crippen LogP contribution in [0.2, 0.25) is 0 Å². The first kappa shape index (κ1) is 25.1. The summed E-state index contributed by atoms with van der Waals surface area (Å²) in [5.41, 5.74) is 8.69. The Labute approximate surface area is 201 Å². The number of anilines is 1. The average Bonchev–Trinajstić information content (AvgIpc) is 2.92. The number of primary amides is 1. The van der Waals surface area contributed by atoms with Gasteiger partial charge in [0.05, 0.1) is 11.4 Å². The minimum absolute atomic E-state index is 0.201. The molecule has 7 nitrogen and oxygen atoms in total. The molecular weight excluding hydrogens is 428 g/mol. The summed E-state index contributed by atoms with van der Waals surface area (Å²) in [6.45, 7) is 5.95. The standard InChI is InChI=1S/C27H34N4O3/c1-5-11-19(21(24(28)32)16-17(2)3)26(33)30-25-27(34)31(4)22-15-10-9-14-20(22)23(29-25)18-12-7-6-8-13-18/h6-10,12-15,17,19,21,25H,5,11,16H2,1-4H3,(H2,28,32)(H,30,33)/t19-,21+,25?/m1/s1. The summed E-state index contributed by atoms with van der Waals surface area (Å²) in [6, 6.07) is 17.1. The molecule has 1 heterocycles. The fraction of sp³-hybridized carbons (Fsp3) is 0.407. The van der Waals surface area contributed by atoms with E-state index in [2.05, 4.69) is 5.32 Å². The second-order valence-electron chi connectivity index (χ2n) is 9.20. The third kappa shape index (κ3) is 5.53. The summed E-state index contributed by atoms with van der Waals surface area (Å²) in [5, 5.41) is 2.84. The van der Waals surface area contributed by atoms with E-state index in [-0.39, 0.29) is 17.7 Å². The van der Waals surface area contributed by atoms with Crippen LogP contribution >= 0.6 is 0 Å². The van der Waals surface area contributed by atoms with Crippen molar-refractivity contribution >= 4 is 29.1 Å². The number of benzodiazepines with no additional fused rings is 1. The number of hydrogen-bond acceptors (Lipinski definition) is 4. The normalized spacial score (nSPS) is 17.4. The number of benzene rings is 2. The van der Waals surface area contributed by atoms with E-state index in [9.17, 15) is 14.4 Å². The zero-order chi connectivity index (χ0) is 24.8. The van der Waals surface area contributed by atoms with Crippen molar-refractivity contribution in [2.24, 2.45) is 28.5 Å². The zero-order valence-electron chi connectivity index (χ0n) is 20.3. The molecule has 0 aromatic heterocycles. The molecule has 0 bridgehead atoms. The second-order valence-corrected chi connectivity index (χ2v) is 9.20. The largest absolute Gasteiger partial charge is 0.369 e. The van der Waals surface area contributed by atoms with E-state index in [4.69, 9.17) is 10.7 Å². The number of nitrogens with two attached hydrogens (primary N) is 1. The summed E-state index contributed by atoms with van der Waals surface area (Å²) >= 11 is 0. The van der Waals surface area contributed by atoms with E-state index in [0.717, 1.165) is 11.1 Å². The van der Waals surface area contributed by atoms with Crippen LogP contribution in [0.5, 0.6) is 0 Å². The number of carbonyl (C=O) groups is 3. The smallest absolute Gasteiger partial charge is 0.272 e. The van der Waals surface area contributed by atoms with Gasteiger partial charge in [-0.2, -0.15) is 0 Å². The van der Waals surface area contributed by atoms with Gasteiger partial charge in [0.25, 0.3) is 5.91 Å². The third-order valence-electron chi connectivity index (χ3n) is 6.18. The number of rotatable bonds is 9. The van der Waals surface area contributed by atoms with Crippen molar-refractivity contribution in [3.63, 3.8) is 0 Å². The second kappa shape index (κ2) is 11.1. The first-order valence-corrected chi connectivity index (χ1v) is 11.8. The number of nitrogens with zero attached hydrogens (tertiary/aromatic N) is 2. The molecule has 2 aromatic rings. The van der Waals surface area contributed by atoms with Gasteiger partial charge in [-0.3, -0.25) is 14.4 Å². The van der Waals surface area contributed by atoms with E-state index in [1.54, 1.807) is 7.05 Å². The average molecular weight is 463 g/mol. The molecule has 0 radical (unpaired) electrons. The van der Waals surface area contributed by atoms with Crippen LogP contribution in [0.15, 0.2) is 59.6 Å². The lowest BCUT2D eigenvalue weighted by molar-refractivity contribution is -0.136. The molecule has 3 rings (SSSR count). The van der Waals surface area contributed by atoms with Gasteiger partial charge in [-0.05, 0) is 24.8 Å². The van der Waals surface area contributed by atoms with Crippen molar-refractivity contribution in [2.75, 3.05) is 11.9 Å². The zero-order valence-corrected chi connectivity index (χ0v) is 20.3. The molecular formula is C27H34N4O3. The van der Waals surface area contributed by atoms with Gasteiger partial charge in [-0.25, -0.2) is 4.99 Å². The first-order chi connectivity index (χ1) is 16.2.